The van der Waals surface area contributed by atoms with Gasteiger partial charge in [-0.05, 0) is 70.6 Å². The zero-order chi connectivity index (χ0) is 58.8. The Morgan fingerprint density at radius 3 is 1.30 bits per heavy atom. The minimum absolute atomic E-state index is 0.248. The molecule has 0 radical (unpaired) electrons. The number of aliphatic hydroxyl groups is 8. The lowest BCUT2D eigenvalue weighted by Crippen LogP contribution is -2.65. The molecule has 0 aromatic rings. The van der Waals surface area contributed by atoms with Crippen LogP contribution in [0.25, 0.3) is 0 Å². The van der Waals surface area contributed by atoms with Gasteiger partial charge in [0.15, 0.2) is 12.6 Å². The summed E-state index contributed by atoms with van der Waals surface area (Å²) in [7, 11) is 0. The second-order valence-electron chi connectivity index (χ2n) is 23.2. The summed E-state index contributed by atoms with van der Waals surface area (Å²) in [5.41, 5.74) is 0. The standard InChI is InChI=1S/C67H121NO13/c1-3-5-7-9-11-13-15-17-18-19-20-21-22-23-24-25-26-27-28-29-30-31-32-33-34-35-36-37-38-39-41-43-45-47-49-51-59(72)68-55(56(71)50-48-46-44-42-40-16-14-12-10-8-6-4-2)54-78-66-64(77)62(75)65(58(53-70)80-66)81-67-63(76)61(74)60(73)57(52-69)79-67/h15,17,19-20,22-23,40,42,48,50,55-58,60-67,69-71,73-77H,3-14,16,18,21,24-39,41,43-47,49,51-54H2,1-2H3,(H,68,72)/b17-15-,20-19-,23-22-,42-40+,50-48+. The van der Waals surface area contributed by atoms with Crippen LogP contribution >= 0.6 is 0 Å². The van der Waals surface area contributed by atoms with Gasteiger partial charge in [0, 0.05) is 6.42 Å². The number of nitrogens with one attached hydrogen (secondary N) is 1. The van der Waals surface area contributed by atoms with Crippen LogP contribution in [0.1, 0.15) is 264 Å². The summed E-state index contributed by atoms with van der Waals surface area (Å²) < 4.78 is 22.7. The summed E-state index contributed by atoms with van der Waals surface area (Å²) in [6, 6.07) is -0.931. The van der Waals surface area contributed by atoms with E-state index in [-0.39, 0.29) is 18.9 Å². The van der Waals surface area contributed by atoms with Crippen LogP contribution in [0.4, 0.5) is 0 Å². The SMILES string of the molecule is CCCCCCC/C=C\C/C=C\C/C=C\CCCCCCCCCCCCCCCCCCCCCCC(=O)NC(COC1OC(CO)C(OC2OC(CO)C(O)C(O)C2O)C(O)C1O)C(O)/C=C/CC/C=C/CCCCCCCC. The van der Waals surface area contributed by atoms with Crippen LogP contribution < -0.4 is 5.32 Å². The fraction of sp³-hybridized carbons (Fsp3) is 0.836. The number of rotatable bonds is 53. The molecule has 0 saturated carbocycles. The third-order valence-electron chi connectivity index (χ3n) is 15.9. The Morgan fingerprint density at radius 1 is 0.444 bits per heavy atom. The van der Waals surface area contributed by atoms with Crippen LogP contribution in [0, 0.1) is 0 Å². The molecule has 2 rings (SSSR count). The van der Waals surface area contributed by atoms with Crippen LogP contribution in [0.15, 0.2) is 60.8 Å². The molecule has 0 bridgehead atoms. The maximum absolute atomic E-state index is 13.3. The Bertz CT molecular complexity index is 1590. The van der Waals surface area contributed by atoms with Gasteiger partial charge >= 0.3 is 0 Å². The number of ether oxygens (including phenoxy) is 4. The zero-order valence-corrected chi connectivity index (χ0v) is 51.0. The average molecular weight is 1150 g/mol. The van der Waals surface area contributed by atoms with Gasteiger partial charge < -0.3 is 65.1 Å². The minimum Gasteiger partial charge on any atom is -0.394 e. The lowest BCUT2D eigenvalue weighted by molar-refractivity contribution is -0.359. The highest BCUT2D eigenvalue weighted by molar-refractivity contribution is 5.76. The van der Waals surface area contributed by atoms with Crippen LogP contribution in [0.5, 0.6) is 0 Å². The molecule has 0 aromatic carbocycles. The van der Waals surface area contributed by atoms with E-state index in [1.54, 1.807) is 6.08 Å². The predicted octanol–water partition coefficient (Wildman–Crippen LogP) is 12.5. The molecule has 2 aliphatic heterocycles. The second kappa shape index (κ2) is 52.1. The van der Waals surface area contributed by atoms with Crippen LogP contribution in [-0.2, 0) is 23.7 Å². The monoisotopic (exact) mass is 1150 g/mol. The molecule has 0 aliphatic carbocycles. The topological polar surface area (TPSA) is 228 Å². The van der Waals surface area contributed by atoms with Crippen molar-refractivity contribution >= 4 is 5.91 Å². The molecular weight excluding hydrogens is 1030 g/mol. The van der Waals surface area contributed by atoms with E-state index in [1.165, 1.54) is 186 Å². The van der Waals surface area contributed by atoms with E-state index < -0.39 is 86.8 Å². The van der Waals surface area contributed by atoms with E-state index in [4.69, 9.17) is 18.9 Å². The normalized spacial score (nSPS) is 24.5. The summed E-state index contributed by atoms with van der Waals surface area (Å²) in [4.78, 5) is 13.3. The first-order valence-corrected chi connectivity index (χ1v) is 33.0. The number of hydrogen-bond donors (Lipinski definition) is 9. The molecule has 0 spiro atoms. The van der Waals surface area contributed by atoms with Crippen molar-refractivity contribution in [1.82, 2.24) is 5.32 Å². The van der Waals surface area contributed by atoms with Crippen molar-refractivity contribution in [3.05, 3.63) is 60.8 Å². The molecule has 12 unspecified atom stereocenters. The maximum atomic E-state index is 13.3. The van der Waals surface area contributed by atoms with E-state index >= 15 is 0 Å². The highest BCUT2D eigenvalue weighted by Crippen LogP contribution is 2.30. The molecule has 14 nitrogen and oxygen atoms in total. The first kappa shape index (κ1) is 74.8. The molecule has 9 N–H and O–H groups in total. The van der Waals surface area contributed by atoms with Gasteiger partial charge in [-0.2, -0.15) is 0 Å². The third-order valence-corrected chi connectivity index (χ3v) is 15.9. The first-order valence-electron chi connectivity index (χ1n) is 33.0. The first-order chi connectivity index (χ1) is 39.6. The average Bonchev–Trinajstić information content (AvgIpc) is 3.46. The van der Waals surface area contributed by atoms with Gasteiger partial charge in [0.25, 0.3) is 0 Å². The van der Waals surface area contributed by atoms with E-state index in [0.717, 1.165) is 44.9 Å². The van der Waals surface area contributed by atoms with Crippen molar-refractivity contribution in [1.29, 1.82) is 0 Å². The Hall–Kier alpha value is -2.31. The molecule has 0 aromatic heterocycles. The fourth-order valence-corrected chi connectivity index (χ4v) is 10.6. The summed E-state index contributed by atoms with van der Waals surface area (Å²) >= 11 is 0. The number of carbonyl (C=O) groups excluding carboxylic acids is 1. The highest BCUT2D eigenvalue weighted by atomic mass is 16.7. The van der Waals surface area contributed by atoms with Crippen LogP contribution in [0.2, 0.25) is 0 Å². The summed E-state index contributed by atoms with van der Waals surface area (Å²) in [5.74, 6) is -0.248. The van der Waals surface area contributed by atoms with Crippen molar-refractivity contribution in [2.45, 2.75) is 338 Å². The highest BCUT2D eigenvalue weighted by Gasteiger charge is 2.51. The number of unbranched alkanes of at least 4 members (excludes halogenated alkanes) is 32. The van der Waals surface area contributed by atoms with Crippen molar-refractivity contribution in [2.24, 2.45) is 0 Å². The van der Waals surface area contributed by atoms with Gasteiger partial charge in [-0.25, -0.2) is 0 Å². The summed E-state index contributed by atoms with van der Waals surface area (Å²) in [6.45, 7) is 2.75. The smallest absolute Gasteiger partial charge is 0.220 e. The fourth-order valence-electron chi connectivity index (χ4n) is 10.6. The van der Waals surface area contributed by atoms with Gasteiger partial charge in [0.2, 0.25) is 5.91 Å². The van der Waals surface area contributed by atoms with Crippen LogP contribution in [-0.4, -0.2) is 140 Å². The summed E-state index contributed by atoms with van der Waals surface area (Å²) in [5, 5.41) is 87.0. The van der Waals surface area contributed by atoms with Gasteiger partial charge in [0.05, 0.1) is 32.0 Å². The Balaban J connectivity index is 1.60. The second-order valence-corrected chi connectivity index (χ2v) is 23.2. The quantitative estimate of drug-likeness (QED) is 0.0204. The molecular formula is C67H121NO13. The van der Waals surface area contributed by atoms with Crippen molar-refractivity contribution in [2.75, 3.05) is 19.8 Å². The van der Waals surface area contributed by atoms with Crippen LogP contribution in [0.3, 0.4) is 0 Å². The molecule has 472 valence electrons. The van der Waals surface area contributed by atoms with Crippen molar-refractivity contribution in [3.8, 4) is 0 Å². The molecule has 2 saturated heterocycles. The minimum atomic E-state index is -1.79. The molecule has 81 heavy (non-hydrogen) atoms. The molecule has 14 heteroatoms. The number of aliphatic hydroxyl groups excluding tert-OH is 8. The van der Waals surface area contributed by atoms with Crippen molar-refractivity contribution < 1.29 is 64.6 Å². The molecule has 1 amide bonds. The van der Waals surface area contributed by atoms with E-state index in [1.807, 2.05) is 6.08 Å². The van der Waals surface area contributed by atoms with Gasteiger partial charge in [-0.1, -0.05) is 248 Å². The Labute approximate surface area is 492 Å². The molecule has 12 atom stereocenters. The lowest BCUT2D eigenvalue weighted by atomic mass is 9.97. The predicted molar refractivity (Wildman–Crippen MR) is 327 cm³/mol. The van der Waals surface area contributed by atoms with E-state index in [0.29, 0.717) is 12.8 Å². The number of allylic oxidation sites excluding steroid dienone is 9. The number of carbonyl (C=O) groups is 1. The van der Waals surface area contributed by atoms with E-state index in [2.05, 4.69) is 67.8 Å². The lowest BCUT2D eigenvalue weighted by Gasteiger charge is -2.46. The zero-order valence-electron chi connectivity index (χ0n) is 51.0. The van der Waals surface area contributed by atoms with E-state index in [9.17, 15) is 45.6 Å². The largest absolute Gasteiger partial charge is 0.394 e. The number of amides is 1. The van der Waals surface area contributed by atoms with Gasteiger partial charge in [-0.3, -0.25) is 4.79 Å². The summed E-state index contributed by atoms with van der Waals surface area (Å²) in [6.07, 6.45) is 51.6. The molecule has 2 fully saturated rings. The third kappa shape index (κ3) is 37.0. The number of hydrogen-bond acceptors (Lipinski definition) is 13. The van der Waals surface area contributed by atoms with Gasteiger partial charge in [-0.15, -0.1) is 0 Å². The maximum Gasteiger partial charge on any atom is 0.220 e. The molecule has 2 heterocycles. The Morgan fingerprint density at radius 2 is 0.827 bits per heavy atom. The van der Waals surface area contributed by atoms with Crippen molar-refractivity contribution in [3.63, 3.8) is 0 Å². The molecule has 2 aliphatic rings. The van der Waals surface area contributed by atoms with Gasteiger partial charge in [0.1, 0.15) is 48.8 Å². The Kier molecular flexibility index (Phi) is 48.1.